The zero-order chi connectivity index (χ0) is 25.7. The monoisotopic (exact) mass is 499 g/mol. The molecule has 3 nitrogen and oxygen atoms in total. The number of hydrogen-bond acceptors (Lipinski definition) is 3. The van der Waals surface area contributed by atoms with Crippen molar-refractivity contribution in [2.45, 2.75) is 18.8 Å². The molecule has 184 valence electrons. The summed E-state index contributed by atoms with van der Waals surface area (Å²) in [7, 11) is 0. The molecule has 0 radical (unpaired) electrons. The zero-order valence-electron chi connectivity index (χ0n) is 21.6. The van der Waals surface area contributed by atoms with Crippen LogP contribution >= 0.6 is 0 Å². The van der Waals surface area contributed by atoms with Crippen molar-refractivity contribution in [2.75, 3.05) is 0 Å². The van der Waals surface area contributed by atoms with Gasteiger partial charge in [-0.3, -0.25) is 0 Å². The fraction of sp³-hybridized carbons (Fsp3) is 0.139. The van der Waals surface area contributed by atoms with Gasteiger partial charge in [-0.15, -0.1) is 0 Å². The van der Waals surface area contributed by atoms with Gasteiger partial charge in [-0.2, -0.15) is 0 Å². The summed E-state index contributed by atoms with van der Waals surface area (Å²) in [4.78, 5) is 14.5. The van der Waals surface area contributed by atoms with Gasteiger partial charge in [0.1, 0.15) is 5.82 Å². The fourth-order valence-corrected chi connectivity index (χ4v) is 7.50. The Morgan fingerprint density at radius 1 is 0.641 bits per heavy atom. The Kier molecular flexibility index (Phi) is 4.09. The summed E-state index contributed by atoms with van der Waals surface area (Å²) in [5.74, 6) is 3.43. The Morgan fingerprint density at radius 3 is 2.13 bits per heavy atom. The van der Waals surface area contributed by atoms with Crippen LogP contribution in [0.15, 0.2) is 115 Å². The first-order valence-corrected chi connectivity index (χ1v) is 13.8. The number of rotatable bonds is 2. The van der Waals surface area contributed by atoms with Crippen molar-refractivity contribution in [1.82, 2.24) is 15.0 Å². The van der Waals surface area contributed by atoms with E-state index in [2.05, 4.69) is 96.0 Å². The van der Waals surface area contributed by atoms with Gasteiger partial charge in [0, 0.05) is 11.1 Å². The van der Waals surface area contributed by atoms with Gasteiger partial charge in [-0.05, 0) is 75.8 Å². The maximum absolute atomic E-state index is 4.97. The number of hydrogen-bond donors (Lipinski definition) is 0. The first-order valence-electron chi connectivity index (χ1n) is 13.8. The molecule has 4 aromatic carbocycles. The van der Waals surface area contributed by atoms with Crippen LogP contribution < -0.4 is 0 Å². The number of aryl methyl sites for hydroxylation is 1. The van der Waals surface area contributed by atoms with Crippen LogP contribution in [-0.2, 0) is 5.41 Å². The third-order valence-corrected chi connectivity index (χ3v) is 9.12. The van der Waals surface area contributed by atoms with E-state index in [1.807, 2.05) is 25.1 Å². The summed E-state index contributed by atoms with van der Waals surface area (Å²) in [5, 5.41) is 0. The molecule has 1 fully saturated rings. The Morgan fingerprint density at radius 2 is 1.31 bits per heavy atom. The lowest BCUT2D eigenvalue weighted by molar-refractivity contribution is 0.691. The summed E-state index contributed by atoms with van der Waals surface area (Å²) in [6, 6.07) is 35.1. The number of aromatic nitrogens is 3. The van der Waals surface area contributed by atoms with Gasteiger partial charge in [-0.25, -0.2) is 15.0 Å². The van der Waals surface area contributed by atoms with E-state index in [4.69, 9.17) is 9.97 Å². The van der Waals surface area contributed by atoms with Crippen LogP contribution in [0.25, 0.3) is 39.5 Å². The van der Waals surface area contributed by atoms with E-state index in [0.717, 1.165) is 22.8 Å². The lowest BCUT2D eigenvalue weighted by atomic mass is 9.67. The quantitative estimate of drug-likeness (QED) is 0.249. The molecule has 3 heteroatoms. The van der Waals surface area contributed by atoms with Crippen LogP contribution in [-0.4, -0.2) is 15.0 Å². The molecule has 0 amide bonds. The third-order valence-electron chi connectivity index (χ3n) is 9.12. The summed E-state index contributed by atoms with van der Waals surface area (Å²) in [6.07, 6.45) is 6.09. The van der Waals surface area contributed by atoms with Crippen molar-refractivity contribution < 1.29 is 0 Å². The molecule has 39 heavy (non-hydrogen) atoms. The van der Waals surface area contributed by atoms with E-state index in [-0.39, 0.29) is 5.41 Å². The molecule has 0 aliphatic heterocycles. The lowest BCUT2D eigenvalue weighted by Gasteiger charge is -2.34. The average Bonchev–Trinajstić information content (AvgIpc) is 3.65. The molecule has 4 aliphatic rings. The maximum atomic E-state index is 4.97. The molecule has 1 saturated carbocycles. The van der Waals surface area contributed by atoms with Crippen molar-refractivity contribution in [3.8, 4) is 33.9 Å². The second-order valence-electron chi connectivity index (χ2n) is 11.2. The predicted molar refractivity (Wildman–Crippen MR) is 155 cm³/mol. The SMILES string of the molecule is Cc1nc(-c2ccccc2)nc(-c2ccc3c(c2)C2(C4=C(C=CC5CC45)c4ccccc42)c2ccccc2-3)n1. The molecule has 5 aromatic rings. The van der Waals surface area contributed by atoms with Crippen LogP contribution in [0.3, 0.4) is 0 Å². The summed E-state index contributed by atoms with van der Waals surface area (Å²) in [6.45, 7) is 1.95. The highest BCUT2D eigenvalue weighted by Gasteiger charge is 2.59. The smallest absolute Gasteiger partial charge is 0.163 e. The zero-order valence-corrected chi connectivity index (χ0v) is 21.6. The van der Waals surface area contributed by atoms with E-state index >= 15 is 0 Å². The van der Waals surface area contributed by atoms with Crippen LogP contribution in [0.4, 0.5) is 0 Å². The van der Waals surface area contributed by atoms with Crippen molar-refractivity contribution >= 4 is 5.57 Å². The van der Waals surface area contributed by atoms with Crippen molar-refractivity contribution in [3.63, 3.8) is 0 Å². The van der Waals surface area contributed by atoms with Gasteiger partial charge >= 0.3 is 0 Å². The van der Waals surface area contributed by atoms with Crippen molar-refractivity contribution in [3.05, 3.63) is 143 Å². The molecule has 0 bridgehead atoms. The van der Waals surface area contributed by atoms with E-state index < -0.39 is 0 Å². The summed E-state index contributed by atoms with van der Waals surface area (Å²) < 4.78 is 0. The predicted octanol–water partition coefficient (Wildman–Crippen LogP) is 7.80. The van der Waals surface area contributed by atoms with Gasteiger partial charge in [0.15, 0.2) is 11.6 Å². The van der Waals surface area contributed by atoms with Gasteiger partial charge in [0.2, 0.25) is 0 Å². The molecule has 1 spiro atoms. The Hall–Kier alpha value is -4.63. The van der Waals surface area contributed by atoms with E-state index in [0.29, 0.717) is 17.7 Å². The summed E-state index contributed by atoms with van der Waals surface area (Å²) >= 11 is 0. The van der Waals surface area contributed by atoms with Crippen LogP contribution in [0.1, 0.15) is 34.5 Å². The summed E-state index contributed by atoms with van der Waals surface area (Å²) in [5.41, 5.74) is 13.0. The highest BCUT2D eigenvalue weighted by molar-refractivity contribution is 5.98. The van der Waals surface area contributed by atoms with Gasteiger partial charge in [0.25, 0.3) is 0 Å². The molecule has 3 atom stereocenters. The minimum Gasteiger partial charge on any atom is -0.213 e. The minimum atomic E-state index is -0.275. The minimum absolute atomic E-state index is 0.275. The van der Waals surface area contributed by atoms with Crippen molar-refractivity contribution in [1.29, 1.82) is 0 Å². The van der Waals surface area contributed by atoms with E-state index in [1.165, 1.54) is 45.4 Å². The van der Waals surface area contributed by atoms with Crippen molar-refractivity contribution in [2.24, 2.45) is 11.8 Å². The molecule has 3 unspecified atom stereocenters. The Balaban J connectivity index is 1.33. The standard InChI is InChI=1S/C36H25N3/c1-21-37-34(22-9-3-2-4-10-22)39-35(38-21)24-16-17-27-25-11-5-7-13-30(25)36(32(27)20-24)31-14-8-6-12-26(31)28-18-15-23-19-29(23)33(28)36/h2-18,20,23,29H,19H2,1H3. The third kappa shape index (κ3) is 2.75. The highest BCUT2D eigenvalue weighted by Crippen LogP contribution is 2.69. The van der Waals surface area contributed by atoms with Crippen LogP contribution in [0, 0.1) is 18.8 Å². The topological polar surface area (TPSA) is 38.7 Å². The molecule has 4 aliphatic carbocycles. The van der Waals surface area contributed by atoms with Crippen LogP contribution in [0.5, 0.6) is 0 Å². The first-order chi connectivity index (χ1) is 19.2. The first kappa shape index (κ1) is 21.3. The highest BCUT2D eigenvalue weighted by atomic mass is 15.0. The molecule has 0 saturated heterocycles. The van der Waals surface area contributed by atoms with Gasteiger partial charge in [0.05, 0.1) is 5.41 Å². The van der Waals surface area contributed by atoms with Crippen LogP contribution in [0.2, 0.25) is 0 Å². The fourth-order valence-electron chi connectivity index (χ4n) is 7.50. The Bertz CT molecular complexity index is 1920. The number of allylic oxidation sites excluding steroid dienone is 4. The largest absolute Gasteiger partial charge is 0.213 e. The normalized spacial score (nSPS) is 22.8. The molecule has 9 rings (SSSR count). The van der Waals surface area contributed by atoms with Gasteiger partial charge in [-0.1, -0.05) is 103 Å². The molecule has 1 heterocycles. The molecule has 0 N–H and O–H groups in total. The van der Waals surface area contributed by atoms with Gasteiger partial charge < -0.3 is 0 Å². The number of benzene rings is 4. The van der Waals surface area contributed by atoms with E-state index in [9.17, 15) is 0 Å². The molecule has 1 aromatic heterocycles. The number of fused-ring (bicyclic) bond motifs is 11. The second kappa shape index (κ2) is 7.48. The molecular formula is C36H25N3. The molecular weight excluding hydrogens is 474 g/mol. The van der Waals surface area contributed by atoms with E-state index in [1.54, 1.807) is 5.57 Å². The lowest BCUT2D eigenvalue weighted by Crippen LogP contribution is -2.29. The number of nitrogens with zero attached hydrogens (tertiary/aromatic N) is 3. The maximum Gasteiger partial charge on any atom is 0.163 e. The second-order valence-corrected chi connectivity index (χ2v) is 11.2. The average molecular weight is 500 g/mol. The Labute approximate surface area is 227 Å².